The summed E-state index contributed by atoms with van der Waals surface area (Å²) in [5.74, 6) is -1.15. The van der Waals surface area contributed by atoms with Crippen LogP contribution in [0.3, 0.4) is 0 Å². The van der Waals surface area contributed by atoms with Gasteiger partial charge in [0.1, 0.15) is 6.10 Å². The third-order valence-corrected chi connectivity index (χ3v) is 5.19. The lowest BCUT2D eigenvalue weighted by molar-refractivity contribution is -0.146. The number of thioether (sulfide) groups is 1. The molecule has 0 spiro atoms. The molecule has 0 aliphatic rings. The van der Waals surface area contributed by atoms with Gasteiger partial charge < -0.3 is 4.74 Å². The van der Waals surface area contributed by atoms with Crippen LogP contribution in [0.25, 0.3) is 0 Å². The summed E-state index contributed by atoms with van der Waals surface area (Å²) in [6.45, 7) is 4.11. The SMILES string of the molecule is [2H]C([2H])([2H])C(=O)OC(C/C=C/C[Si](C)(C)C)c1ccc(SC)cc1. The first-order valence-corrected chi connectivity index (χ1v) is 12.0. The number of rotatable bonds is 7. The zero-order chi connectivity index (χ0) is 18.4. The molecule has 0 radical (unpaired) electrons. The molecule has 0 aromatic heterocycles. The monoisotopic (exact) mass is 325 g/mol. The van der Waals surface area contributed by atoms with Crippen LogP contribution < -0.4 is 0 Å². The molecule has 0 amide bonds. The van der Waals surface area contributed by atoms with Gasteiger partial charge >= 0.3 is 5.97 Å². The topological polar surface area (TPSA) is 26.3 Å². The first-order chi connectivity index (χ1) is 11.0. The number of benzene rings is 1. The standard InChI is InChI=1S/C17H26O2SSi/c1-14(18)19-17(8-6-7-13-21(3,4)5)15-9-11-16(20-2)12-10-15/h6-7,9-12,17H,8,13H2,1-5H3/b7-6+/i1D3. The average Bonchev–Trinajstić information content (AvgIpc) is 2.48. The molecule has 2 nitrogen and oxygen atoms in total. The van der Waals surface area contributed by atoms with Gasteiger partial charge in [-0.2, -0.15) is 0 Å². The third-order valence-electron chi connectivity index (χ3n) is 2.98. The van der Waals surface area contributed by atoms with E-state index in [2.05, 4.69) is 25.7 Å². The van der Waals surface area contributed by atoms with E-state index >= 15 is 0 Å². The molecule has 0 saturated heterocycles. The molecular formula is C17H26O2SSi. The highest BCUT2D eigenvalue weighted by atomic mass is 32.2. The fraction of sp³-hybridized carbons (Fsp3) is 0.471. The fourth-order valence-corrected chi connectivity index (χ4v) is 3.14. The van der Waals surface area contributed by atoms with Gasteiger partial charge in [-0.3, -0.25) is 4.79 Å². The molecule has 4 heteroatoms. The van der Waals surface area contributed by atoms with Gasteiger partial charge in [-0.25, -0.2) is 0 Å². The third kappa shape index (κ3) is 7.53. The minimum atomic E-state index is -2.74. The van der Waals surface area contributed by atoms with Crippen molar-refractivity contribution in [2.24, 2.45) is 0 Å². The summed E-state index contributed by atoms with van der Waals surface area (Å²) in [7, 11) is -1.17. The van der Waals surface area contributed by atoms with Gasteiger partial charge in [0.05, 0.1) is 0 Å². The largest absolute Gasteiger partial charge is 0.457 e. The molecule has 0 N–H and O–H groups in total. The number of esters is 1. The van der Waals surface area contributed by atoms with Gasteiger partial charge in [-0.15, -0.1) is 11.8 Å². The van der Waals surface area contributed by atoms with E-state index < -0.39 is 27.0 Å². The summed E-state index contributed by atoms with van der Waals surface area (Å²) in [4.78, 5) is 12.9. The molecular weight excluding hydrogens is 296 g/mol. The summed E-state index contributed by atoms with van der Waals surface area (Å²) >= 11 is 1.62. The highest BCUT2D eigenvalue weighted by Gasteiger charge is 2.14. The zero-order valence-electron chi connectivity index (χ0n) is 16.2. The molecule has 0 bridgehead atoms. The molecule has 116 valence electrons. The Morgan fingerprint density at radius 3 is 2.52 bits per heavy atom. The van der Waals surface area contributed by atoms with Crippen LogP contribution in [0, 0.1) is 0 Å². The van der Waals surface area contributed by atoms with Crippen molar-refractivity contribution in [3.8, 4) is 0 Å². The van der Waals surface area contributed by atoms with Crippen LogP contribution in [0.15, 0.2) is 41.3 Å². The summed E-state index contributed by atoms with van der Waals surface area (Å²) in [5, 5.41) is 0. The second-order valence-corrected chi connectivity index (χ2v) is 12.5. The maximum Gasteiger partial charge on any atom is 0.303 e. The first-order valence-electron chi connectivity index (χ1n) is 8.53. The van der Waals surface area contributed by atoms with Crippen LogP contribution in [0.2, 0.25) is 25.7 Å². The minimum absolute atomic E-state index is 0.477. The van der Waals surface area contributed by atoms with Crippen molar-refractivity contribution in [2.75, 3.05) is 6.26 Å². The van der Waals surface area contributed by atoms with E-state index in [9.17, 15) is 4.79 Å². The number of carbonyl (C=O) groups is 1. The summed E-state index contributed by atoms with van der Waals surface area (Å²) in [5.41, 5.74) is 0.808. The number of allylic oxidation sites excluding steroid dienone is 1. The van der Waals surface area contributed by atoms with Crippen LogP contribution >= 0.6 is 11.8 Å². The second kappa shape index (κ2) is 8.44. The van der Waals surface area contributed by atoms with Crippen molar-refractivity contribution < 1.29 is 13.6 Å². The minimum Gasteiger partial charge on any atom is -0.457 e. The van der Waals surface area contributed by atoms with E-state index in [4.69, 9.17) is 8.85 Å². The van der Waals surface area contributed by atoms with E-state index in [1.165, 1.54) is 0 Å². The van der Waals surface area contributed by atoms with E-state index in [-0.39, 0.29) is 0 Å². The van der Waals surface area contributed by atoms with E-state index in [0.717, 1.165) is 16.5 Å². The fourth-order valence-electron chi connectivity index (χ4n) is 1.86. The van der Waals surface area contributed by atoms with E-state index in [1.807, 2.05) is 36.6 Å². The van der Waals surface area contributed by atoms with Gasteiger partial charge in [-0.05, 0) is 30.0 Å². The number of hydrogen-bond acceptors (Lipinski definition) is 3. The molecule has 0 saturated carbocycles. The molecule has 1 atom stereocenters. The Kier molecular flexibility index (Phi) is 5.49. The van der Waals surface area contributed by atoms with Crippen molar-refractivity contribution >= 4 is 25.8 Å². The molecule has 1 aromatic carbocycles. The molecule has 0 aliphatic carbocycles. The molecule has 21 heavy (non-hydrogen) atoms. The molecule has 1 rings (SSSR count). The molecule has 0 fully saturated rings. The van der Waals surface area contributed by atoms with Gasteiger partial charge in [0.2, 0.25) is 0 Å². The quantitative estimate of drug-likeness (QED) is 0.294. The maximum absolute atomic E-state index is 11.8. The summed E-state index contributed by atoms with van der Waals surface area (Å²) in [6, 6.07) is 8.70. The van der Waals surface area contributed by atoms with Crippen LogP contribution in [0.4, 0.5) is 0 Å². The predicted octanol–water partition coefficient (Wildman–Crippen LogP) is 5.30. The first kappa shape index (κ1) is 13.6. The Morgan fingerprint density at radius 1 is 1.33 bits per heavy atom. The lowest BCUT2D eigenvalue weighted by Crippen LogP contribution is -2.17. The van der Waals surface area contributed by atoms with Gasteiger partial charge in [-0.1, -0.05) is 43.9 Å². The lowest BCUT2D eigenvalue weighted by atomic mass is 10.1. The molecule has 1 aromatic rings. The van der Waals surface area contributed by atoms with Crippen LogP contribution in [0.5, 0.6) is 0 Å². The van der Waals surface area contributed by atoms with Crippen molar-refractivity contribution in [3.63, 3.8) is 0 Å². The van der Waals surface area contributed by atoms with Crippen molar-refractivity contribution in [2.45, 2.75) is 50.0 Å². The lowest BCUT2D eigenvalue weighted by Gasteiger charge is -2.17. The second-order valence-electron chi connectivity index (χ2n) is 6.14. The van der Waals surface area contributed by atoms with Crippen molar-refractivity contribution in [3.05, 3.63) is 42.0 Å². The van der Waals surface area contributed by atoms with Gasteiger partial charge in [0.25, 0.3) is 0 Å². The van der Waals surface area contributed by atoms with Crippen LogP contribution in [0.1, 0.15) is 29.1 Å². The van der Waals surface area contributed by atoms with Crippen molar-refractivity contribution in [1.29, 1.82) is 0 Å². The number of ether oxygens (including phenoxy) is 1. The van der Waals surface area contributed by atoms with Gasteiger partial charge in [0, 0.05) is 30.4 Å². The normalized spacial score (nSPS) is 16.1. The summed E-state index contributed by atoms with van der Waals surface area (Å²) < 4.78 is 26.8. The molecule has 0 aliphatic heterocycles. The van der Waals surface area contributed by atoms with Crippen LogP contribution in [-0.2, 0) is 9.53 Å². The van der Waals surface area contributed by atoms with Gasteiger partial charge in [0.15, 0.2) is 0 Å². The molecule has 0 heterocycles. The van der Waals surface area contributed by atoms with Crippen molar-refractivity contribution in [1.82, 2.24) is 0 Å². The van der Waals surface area contributed by atoms with E-state index in [1.54, 1.807) is 11.8 Å². The van der Waals surface area contributed by atoms with E-state index in [0.29, 0.717) is 6.42 Å². The predicted molar refractivity (Wildman–Crippen MR) is 94.6 cm³/mol. The average molecular weight is 326 g/mol. The molecule has 1 unspecified atom stereocenters. The zero-order valence-corrected chi connectivity index (χ0v) is 15.0. The smallest absolute Gasteiger partial charge is 0.303 e. The Balaban J connectivity index is 2.88. The highest BCUT2D eigenvalue weighted by Crippen LogP contribution is 2.25. The number of carbonyl (C=O) groups excluding carboxylic acids is 1. The number of hydrogen-bond donors (Lipinski definition) is 0. The Bertz CT molecular complexity index is 563. The Hall–Kier alpha value is -1.00. The summed E-state index contributed by atoms with van der Waals surface area (Å²) in [6.07, 6.45) is 5.98. The van der Waals surface area contributed by atoms with Crippen LogP contribution in [-0.4, -0.2) is 20.3 Å². The highest BCUT2D eigenvalue weighted by molar-refractivity contribution is 7.98. The maximum atomic E-state index is 11.8. The Morgan fingerprint density at radius 2 is 2.00 bits per heavy atom. The Labute approximate surface area is 138 Å².